The molecule has 1 saturated heterocycles. The summed E-state index contributed by atoms with van der Waals surface area (Å²) in [7, 11) is 0. The van der Waals surface area contributed by atoms with Crippen LogP contribution in [0.2, 0.25) is 0 Å². The van der Waals surface area contributed by atoms with Gasteiger partial charge >= 0.3 is 12.0 Å². The Bertz CT molecular complexity index is 270. The molecular formula is C10H19N3O3. The Hall–Kier alpha value is -1.30. The third-order valence-electron chi connectivity index (χ3n) is 2.75. The fourth-order valence-electron chi connectivity index (χ4n) is 1.77. The summed E-state index contributed by atoms with van der Waals surface area (Å²) in [5.74, 6) is -1.00. The first-order valence-electron chi connectivity index (χ1n) is 5.58. The van der Waals surface area contributed by atoms with Gasteiger partial charge in [0, 0.05) is 19.1 Å². The lowest BCUT2D eigenvalue weighted by Crippen LogP contribution is -2.53. The average Bonchev–Trinajstić information content (AvgIpc) is 2.25. The highest BCUT2D eigenvalue weighted by Crippen LogP contribution is 2.08. The van der Waals surface area contributed by atoms with Crippen molar-refractivity contribution >= 4 is 12.0 Å². The van der Waals surface area contributed by atoms with Crippen molar-refractivity contribution in [2.24, 2.45) is 5.73 Å². The number of likely N-dealkylation sites (tertiary alicyclic amines) is 1. The average molecular weight is 229 g/mol. The number of hydrogen-bond acceptors (Lipinski definition) is 3. The number of nitrogens with one attached hydrogen (secondary N) is 1. The summed E-state index contributed by atoms with van der Waals surface area (Å²) < 4.78 is 0. The van der Waals surface area contributed by atoms with E-state index in [1.807, 2.05) is 0 Å². The van der Waals surface area contributed by atoms with Gasteiger partial charge in [0.1, 0.15) is 6.04 Å². The van der Waals surface area contributed by atoms with E-state index in [1.165, 1.54) is 0 Å². The first kappa shape index (κ1) is 12.8. The fourth-order valence-corrected chi connectivity index (χ4v) is 1.77. The highest BCUT2D eigenvalue weighted by atomic mass is 16.4. The summed E-state index contributed by atoms with van der Waals surface area (Å²) in [6.45, 7) is 2.87. The van der Waals surface area contributed by atoms with Gasteiger partial charge in [-0.05, 0) is 19.3 Å². The fraction of sp³-hybridized carbons (Fsp3) is 0.800. The molecule has 6 heteroatoms. The Morgan fingerprint density at radius 1 is 1.62 bits per heavy atom. The number of carbonyl (C=O) groups excluding carboxylic acids is 1. The summed E-state index contributed by atoms with van der Waals surface area (Å²) in [5, 5.41) is 11.3. The largest absolute Gasteiger partial charge is 0.480 e. The molecule has 0 radical (unpaired) electrons. The quantitative estimate of drug-likeness (QED) is 0.634. The Kier molecular flexibility index (Phi) is 4.54. The van der Waals surface area contributed by atoms with Crippen molar-refractivity contribution in [2.75, 3.05) is 13.1 Å². The Labute approximate surface area is 94.8 Å². The van der Waals surface area contributed by atoms with Crippen LogP contribution >= 0.6 is 0 Å². The van der Waals surface area contributed by atoms with Gasteiger partial charge in [-0.25, -0.2) is 9.59 Å². The van der Waals surface area contributed by atoms with Crippen LogP contribution in [0.4, 0.5) is 4.79 Å². The van der Waals surface area contributed by atoms with E-state index in [9.17, 15) is 9.59 Å². The van der Waals surface area contributed by atoms with Crippen molar-refractivity contribution in [3.63, 3.8) is 0 Å². The molecule has 1 aliphatic heterocycles. The Morgan fingerprint density at radius 3 is 2.81 bits per heavy atom. The van der Waals surface area contributed by atoms with Gasteiger partial charge < -0.3 is 21.1 Å². The summed E-state index contributed by atoms with van der Waals surface area (Å²) in [4.78, 5) is 24.1. The smallest absolute Gasteiger partial charge is 0.326 e. The number of hydrogen-bond donors (Lipinski definition) is 3. The molecule has 1 rings (SSSR count). The van der Waals surface area contributed by atoms with Gasteiger partial charge in [0.25, 0.3) is 0 Å². The molecule has 2 amide bonds. The maximum absolute atomic E-state index is 11.7. The molecular weight excluding hydrogens is 210 g/mol. The zero-order valence-electron chi connectivity index (χ0n) is 9.48. The number of carboxylic acid groups (broad SMARTS) is 1. The number of urea groups is 1. The second-order valence-electron chi connectivity index (χ2n) is 4.10. The van der Waals surface area contributed by atoms with Crippen LogP contribution in [0.25, 0.3) is 0 Å². The van der Waals surface area contributed by atoms with E-state index in [2.05, 4.69) is 5.32 Å². The van der Waals surface area contributed by atoms with E-state index in [0.29, 0.717) is 19.5 Å². The van der Waals surface area contributed by atoms with Crippen LogP contribution in [0.1, 0.15) is 26.2 Å². The van der Waals surface area contributed by atoms with E-state index in [4.69, 9.17) is 10.8 Å². The van der Waals surface area contributed by atoms with Gasteiger partial charge in [-0.2, -0.15) is 0 Å². The summed E-state index contributed by atoms with van der Waals surface area (Å²) in [6.07, 6.45) is 2.17. The minimum absolute atomic E-state index is 0.00408. The molecule has 0 aromatic carbocycles. The molecule has 1 aliphatic rings. The predicted octanol–water partition coefficient (Wildman–Crippen LogP) is -0.0177. The van der Waals surface area contributed by atoms with Gasteiger partial charge in [0.15, 0.2) is 0 Å². The van der Waals surface area contributed by atoms with Crippen molar-refractivity contribution < 1.29 is 14.7 Å². The van der Waals surface area contributed by atoms with E-state index in [0.717, 1.165) is 12.8 Å². The van der Waals surface area contributed by atoms with Crippen molar-refractivity contribution in [1.29, 1.82) is 0 Å². The molecule has 0 aromatic heterocycles. The first-order chi connectivity index (χ1) is 7.54. The van der Waals surface area contributed by atoms with Crippen LogP contribution in [-0.2, 0) is 4.79 Å². The number of nitrogens with zero attached hydrogens (tertiary/aromatic N) is 1. The number of rotatable bonds is 3. The van der Waals surface area contributed by atoms with Gasteiger partial charge in [-0.3, -0.25) is 0 Å². The highest BCUT2D eigenvalue weighted by molar-refractivity contribution is 5.82. The molecule has 16 heavy (non-hydrogen) atoms. The molecule has 0 spiro atoms. The zero-order chi connectivity index (χ0) is 12.1. The van der Waals surface area contributed by atoms with E-state index < -0.39 is 12.0 Å². The molecule has 1 heterocycles. The summed E-state index contributed by atoms with van der Waals surface area (Å²) in [5.41, 5.74) is 5.75. The molecule has 4 N–H and O–H groups in total. The Balaban J connectivity index is 2.47. The lowest BCUT2D eigenvalue weighted by atomic mass is 10.1. The number of nitrogens with two attached hydrogens (primary N) is 1. The molecule has 2 atom stereocenters. The predicted molar refractivity (Wildman–Crippen MR) is 59.0 cm³/mol. The third-order valence-corrected chi connectivity index (χ3v) is 2.75. The molecule has 92 valence electrons. The first-order valence-corrected chi connectivity index (χ1v) is 5.58. The Morgan fingerprint density at radius 2 is 2.31 bits per heavy atom. The van der Waals surface area contributed by atoms with Crippen LogP contribution in [0, 0.1) is 0 Å². The molecule has 0 saturated carbocycles. The van der Waals surface area contributed by atoms with Crippen molar-refractivity contribution in [2.45, 2.75) is 38.3 Å². The minimum Gasteiger partial charge on any atom is -0.480 e. The minimum atomic E-state index is -1.00. The maximum Gasteiger partial charge on any atom is 0.326 e. The molecule has 2 unspecified atom stereocenters. The second kappa shape index (κ2) is 5.69. The third kappa shape index (κ3) is 3.37. The van der Waals surface area contributed by atoms with E-state index in [-0.39, 0.29) is 12.1 Å². The normalized spacial score (nSPS) is 22.6. The summed E-state index contributed by atoms with van der Waals surface area (Å²) in [6, 6.07) is -1.14. The molecule has 0 aliphatic carbocycles. The van der Waals surface area contributed by atoms with Gasteiger partial charge in [0.2, 0.25) is 0 Å². The summed E-state index contributed by atoms with van der Waals surface area (Å²) >= 11 is 0. The lowest BCUT2D eigenvalue weighted by molar-refractivity contribution is -0.139. The number of aliphatic carboxylic acids is 1. The lowest BCUT2D eigenvalue weighted by Gasteiger charge is -2.31. The van der Waals surface area contributed by atoms with Crippen LogP contribution in [0.5, 0.6) is 0 Å². The monoisotopic (exact) mass is 229 g/mol. The van der Waals surface area contributed by atoms with E-state index in [1.54, 1.807) is 11.8 Å². The SMILES string of the molecule is CCC(NC(=O)N1CCCC(N)C1)C(=O)O. The van der Waals surface area contributed by atoms with Crippen LogP contribution in [0.3, 0.4) is 0 Å². The van der Waals surface area contributed by atoms with Gasteiger partial charge in [-0.1, -0.05) is 6.92 Å². The van der Waals surface area contributed by atoms with Crippen LogP contribution in [-0.4, -0.2) is 47.2 Å². The highest BCUT2D eigenvalue weighted by Gasteiger charge is 2.24. The van der Waals surface area contributed by atoms with Crippen molar-refractivity contribution in [3.05, 3.63) is 0 Å². The van der Waals surface area contributed by atoms with Crippen molar-refractivity contribution in [1.82, 2.24) is 10.2 Å². The molecule has 0 aromatic rings. The molecule has 1 fully saturated rings. The molecule has 6 nitrogen and oxygen atoms in total. The van der Waals surface area contributed by atoms with Crippen LogP contribution in [0.15, 0.2) is 0 Å². The number of carboxylic acids is 1. The second-order valence-corrected chi connectivity index (χ2v) is 4.10. The molecule has 0 bridgehead atoms. The van der Waals surface area contributed by atoms with Gasteiger partial charge in [-0.15, -0.1) is 0 Å². The van der Waals surface area contributed by atoms with Gasteiger partial charge in [0.05, 0.1) is 0 Å². The van der Waals surface area contributed by atoms with Crippen LogP contribution < -0.4 is 11.1 Å². The number of carbonyl (C=O) groups is 2. The van der Waals surface area contributed by atoms with E-state index >= 15 is 0 Å². The maximum atomic E-state index is 11.7. The zero-order valence-corrected chi connectivity index (χ0v) is 9.48. The number of amides is 2. The topological polar surface area (TPSA) is 95.7 Å². The standard InChI is InChI=1S/C10H19N3O3/c1-2-8(9(14)15)12-10(16)13-5-3-4-7(11)6-13/h7-8H,2-6,11H2,1H3,(H,12,16)(H,14,15). The van der Waals surface area contributed by atoms with Crippen molar-refractivity contribution in [3.8, 4) is 0 Å². The number of piperidine rings is 1.